The van der Waals surface area contributed by atoms with Gasteiger partial charge in [-0.3, -0.25) is 4.79 Å². The highest BCUT2D eigenvalue weighted by Crippen LogP contribution is 2.23. The highest BCUT2D eigenvalue weighted by Gasteiger charge is 2.30. The van der Waals surface area contributed by atoms with Crippen LogP contribution in [0.2, 0.25) is 0 Å². The molecule has 3 nitrogen and oxygen atoms in total. The van der Waals surface area contributed by atoms with Crippen LogP contribution < -0.4 is 0 Å². The predicted octanol–water partition coefficient (Wildman–Crippen LogP) is 2.19. The zero-order valence-corrected chi connectivity index (χ0v) is 10.8. The molecule has 3 heteroatoms. The number of carbonyl (C=O) groups is 1. The molecule has 1 unspecified atom stereocenters. The summed E-state index contributed by atoms with van der Waals surface area (Å²) in [5, 5.41) is 9.71. The fourth-order valence-corrected chi connectivity index (χ4v) is 2.45. The number of aliphatic hydroxyl groups is 1. The molecule has 0 bridgehead atoms. The minimum Gasteiger partial charge on any atom is -0.381 e. The van der Waals surface area contributed by atoms with Crippen LogP contribution in [0.4, 0.5) is 0 Å². The Morgan fingerprint density at radius 1 is 1.38 bits per heavy atom. The molecule has 1 aliphatic heterocycles. The number of hydrogen-bond acceptors (Lipinski definition) is 2. The second-order valence-electron chi connectivity index (χ2n) is 5.44. The highest BCUT2D eigenvalue weighted by molar-refractivity contribution is 5.84. The van der Waals surface area contributed by atoms with Gasteiger partial charge in [0.15, 0.2) is 0 Å². The number of nitrogens with zero attached hydrogens (tertiary/aromatic N) is 1. The topological polar surface area (TPSA) is 40.5 Å². The summed E-state index contributed by atoms with van der Waals surface area (Å²) in [7, 11) is 0. The monoisotopic (exact) mass is 227 g/mol. The van der Waals surface area contributed by atoms with E-state index in [4.69, 9.17) is 0 Å². The number of likely N-dealkylation sites (tertiary alicyclic amines) is 1. The molecule has 1 aliphatic rings. The van der Waals surface area contributed by atoms with Crippen molar-refractivity contribution in [3.63, 3.8) is 0 Å². The van der Waals surface area contributed by atoms with Crippen LogP contribution in [0.5, 0.6) is 0 Å². The summed E-state index contributed by atoms with van der Waals surface area (Å²) in [4.78, 5) is 13.7. The van der Waals surface area contributed by atoms with Crippen LogP contribution in [0.3, 0.4) is 0 Å². The molecule has 1 N–H and O–H groups in total. The van der Waals surface area contributed by atoms with Crippen molar-refractivity contribution in [2.75, 3.05) is 13.1 Å². The van der Waals surface area contributed by atoms with Gasteiger partial charge in [-0.1, -0.05) is 19.8 Å². The maximum atomic E-state index is 11.9. The second-order valence-corrected chi connectivity index (χ2v) is 5.44. The number of rotatable bonds is 3. The Morgan fingerprint density at radius 2 is 2.06 bits per heavy atom. The minimum absolute atomic E-state index is 0.121. The molecule has 0 radical (unpaired) electrons. The van der Waals surface area contributed by atoms with Crippen LogP contribution in [-0.2, 0) is 4.79 Å². The van der Waals surface area contributed by atoms with Crippen molar-refractivity contribution < 1.29 is 9.90 Å². The van der Waals surface area contributed by atoms with E-state index >= 15 is 0 Å². The Bertz CT molecular complexity index is 233. The van der Waals surface area contributed by atoms with Crippen molar-refractivity contribution >= 4 is 5.91 Å². The smallest absolute Gasteiger partial charge is 0.253 e. The largest absolute Gasteiger partial charge is 0.381 e. The third-order valence-electron chi connectivity index (χ3n) is 3.36. The minimum atomic E-state index is -1.22. The standard InChI is InChI=1S/C13H25NO2/c1-4-6-11-7-5-9-14(10-8-11)12(15)13(2,3)16/h11,16H,4-10H2,1-3H3. The van der Waals surface area contributed by atoms with E-state index in [1.807, 2.05) is 4.90 Å². The summed E-state index contributed by atoms with van der Waals surface area (Å²) in [5.74, 6) is 0.647. The zero-order chi connectivity index (χ0) is 12.2. The average Bonchev–Trinajstić information content (AvgIpc) is 2.41. The van der Waals surface area contributed by atoms with E-state index in [1.54, 1.807) is 13.8 Å². The Balaban J connectivity index is 2.50. The first-order valence-electron chi connectivity index (χ1n) is 6.47. The predicted molar refractivity (Wildman–Crippen MR) is 65.1 cm³/mol. The molecule has 0 aliphatic carbocycles. The molecule has 1 rings (SSSR count). The van der Waals surface area contributed by atoms with Crippen LogP contribution in [0.25, 0.3) is 0 Å². The Kier molecular flexibility index (Phi) is 4.78. The molecule has 1 saturated heterocycles. The van der Waals surface area contributed by atoms with E-state index in [1.165, 1.54) is 19.3 Å². The average molecular weight is 227 g/mol. The number of amides is 1. The molecular weight excluding hydrogens is 202 g/mol. The van der Waals surface area contributed by atoms with Crippen molar-refractivity contribution in [1.29, 1.82) is 0 Å². The summed E-state index contributed by atoms with van der Waals surface area (Å²) in [6.45, 7) is 6.98. The lowest BCUT2D eigenvalue weighted by Crippen LogP contribution is -2.45. The maximum absolute atomic E-state index is 11.9. The van der Waals surface area contributed by atoms with E-state index in [-0.39, 0.29) is 5.91 Å². The molecule has 16 heavy (non-hydrogen) atoms. The summed E-state index contributed by atoms with van der Waals surface area (Å²) in [6, 6.07) is 0. The van der Waals surface area contributed by atoms with Crippen molar-refractivity contribution in [3.05, 3.63) is 0 Å². The van der Waals surface area contributed by atoms with E-state index < -0.39 is 5.60 Å². The fourth-order valence-electron chi connectivity index (χ4n) is 2.45. The molecule has 1 amide bonds. The number of carbonyl (C=O) groups excluding carboxylic acids is 1. The van der Waals surface area contributed by atoms with Crippen LogP contribution in [0, 0.1) is 5.92 Å². The van der Waals surface area contributed by atoms with Gasteiger partial charge in [-0.25, -0.2) is 0 Å². The van der Waals surface area contributed by atoms with Gasteiger partial charge in [-0.2, -0.15) is 0 Å². The molecule has 0 aromatic carbocycles. The van der Waals surface area contributed by atoms with Gasteiger partial charge in [0.05, 0.1) is 0 Å². The van der Waals surface area contributed by atoms with Gasteiger partial charge in [-0.15, -0.1) is 0 Å². The van der Waals surface area contributed by atoms with Gasteiger partial charge in [0, 0.05) is 13.1 Å². The van der Waals surface area contributed by atoms with E-state index in [0.29, 0.717) is 0 Å². The molecular formula is C13H25NO2. The van der Waals surface area contributed by atoms with E-state index in [2.05, 4.69) is 6.92 Å². The lowest BCUT2D eigenvalue weighted by Gasteiger charge is -2.27. The quantitative estimate of drug-likeness (QED) is 0.803. The van der Waals surface area contributed by atoms with Gasteiger partial charge >= 0.3 is 0 Å². The lowest BCUT2D eigenvalue weighted by atomic mass is 9.96. The first kappa shape index (κ1) is 13.5. The van der Waals surface area contributed by atoms with Crippen LogP contribution in [-0.4, -0.2) is 34.6 Å². The van der Waals surface area contributed by atoms with E-state index in [0.717, 1.165) is 31.8 Å². The van der Waals surface area contributed by atoms with Gasteiger partial charge in [0.2, 0.25) is 0 Å². The molecule has 1 atom stereocenters. The van der Waals surface area contributed by atoms with Gasteiger partial charge in [0.1, 0.15) is 5.60 Å². The third-order valence-corrected chi connectivity index (χ3v) is 3.36. The molecule has 0 saturated carbocycles. The lowest BCUT2D eigenvalue weighted by molar-refractivity contribution is -0.147. The Labute approximate surface area is 98.8 Å². The summed E-state index contributed by atoms with van der Waals surface area (Å²) in [5.41, 5.74) is -1.22. The first-order valence-corrected chi connectivity index (χ1v) is 6.47. The van der Waals surface area contributed by atoms with Crippen LogP contribution in [0.15, 0.2) is 0 Å². The molecule has 0 aromatic rings. The summed E-state index contributed by atoms with van der Waals surface area (Å²) in [6.07, 6.45) is 5.89. The van der Waals surface area contributed by atoms with Crippen molar-refractivity contribution in [3.8, 4) is 0 Å². The first-order chi connectivity index (χ1) is 7.45. The third kappa shape index (κ3) is 3.78. The molecule has 94 valence electrons. The maximum Gasteiger partial charge on any atom is 0.253 e. The van der Waals surface area contributed by atoms with Crippen LogP contribution >= 0.6 is 0 Å². The highest BCUT2D eigenvalue weighted by atomic mass is 16.3. The van der Waals surface area contributed by atoms with Crippen molar-refractivity contribution in [2.45, 2.75) is 58.5 Å². The number of hydrogen-bond donors (Lipinski definition) is 1. The molecule has 1 fully saturated rings. The van der Waals surface area contributed by atoms with Crippen LogP contribution in [0.1, 0.15) is 52.9 Å². The van der Waals surface area contributed by atoms with Gasteiger partial charge in [0.25, 0.3) is 5.91 Å². The SMILES string of the molecule is CCCC1CCCN(C(=O)C(C)(C)O)CC1. The Morgan fingerprint density at radius 3 is 2.62 bits per heavy atom. The normalized spacial score (nSPS) is 23.0. The van der Waals surface area contributed by atoms with E-state index in [9.17, 15) is 9.90 Å². The van der Waals surface area contributed by atoms with Gasteiger partial charge < -0.3 is 10.0 Å². The molecule has 0 spiro atoms. The fraction of sp³-hybridized carbons (Fsp3) is 0.923. The molecule has 0 aromatic heterocycles. The zero-order valence-electron chi connectivity index (χ0n) is 10.8. The molecule has 1 heterocycles. The second kappa shape index (κ2) is 5.67. The summed E-state index contributed by atoms with van der Waals surface area (Å²) >= 11 is 0. The Hall–Kier alpha value is -0.570. The summed E-state index contributed by atoms with van der Waals surface area (Å²) < 4.78 is 0. The van der Waals surface area contributed by atoms with Crippen molar-refractivity contribution in [1.82, 2.24) is 4.90 Å². The van der Waals surface area contributed by atoms with Gasteiger partial charge in [-0.05, 0) is 39.0 Å². The van der Waals surface area contributed by atoms with Crippen molar-refractivity contribution in [2.24, 2.45) is 5.92 Å².